The molecule has 0 radical (unpaired) electrons. The van der Waals surface area contributed by atoms with Gasteiger partial charge in [-0.3, -0.25) is 0 Å². The van der Waals surface area contributed by atoms with Crippen LogP contribution in [0.5, 0.6) is 0 Å². The Labute approximate surface area is 106 Å². The maximum atomic E-state index is 5.99. The molecule has 4 heteroatoms. The molecule has 3 nitrogen and oxygen atoms in total. The van der Waals surface area contributed by atoms with E-state index in [1.165, 1.54) is 0 Å². The molecule has 1 heterocycles. The molecule has 17 heavy (non-hydrogen) atoms. The van der Waals surface area contributed by atoms with E-state index in [1.807, 2.05) is 18.2 Å². The number of hydrogen-bond donors (Lipinski definition) is 0. The third-order valence-electron chi connectivity index (χ3n) is 2.78. The number of methoxy groups -OCH3 is 1. The number of aromatic nitrogens is 2. The Morgan fingerprint density at radius 1 is 1.41 bits per heavy atom. The van der Waals surface area contributed by atoms with E-state index in [4.69, 9.17) is 16.3 Å². The van der Waals surface area contributed by atoms with Gasteiger partial charge >= 0.3 is 0 Å². The van der Waals surface area contributed by atoms with E-state index in [2.05, 4.69) is 23.4 Å². The van der Waals surface area contributed by atoms with Crippen LogP contribution in [-0.4, -0.2) is 23.3 Å². The largest absolute Gasteiger partial charge is 0.383 e. The smallest absolute Gasteiger partial charge is 0.112 e. The second-order valence-corrected chi connectivity index (χ2v) is 4.84. The van der Waals surface area contributed by atoms with Crippen molar-refractivity contribution in [3.05, 3.63) is 29.0 Å². The van der Waals surface area contributed by atoms with Crippen molar-refractivity contribution in [3.63, 3.8) is 0 Å². The fraction of sp³-hybridized carbons (Fsp3) is 0.462. The molecule has 0 aliphatic carbocycles. The van der Waals surface area contributed by atoms with Crippen molar-refractivity contribution in [3.8, 4) is 0 Å². The molecule has 0 amide bonds. The third-order valence-corrected chi connectivity index (χ3v) is 3.01. The predicted octanol–water partition coefficient (Wildman–Crippen LogP) is 3.46. The van der Waals surface area contributed by atoms with Crippen molar-refractivity contribution in [2.24, 2.45) is 0 Å². The highest BCUT2D eigenvalue weighted by molar-refractivity contribution is 6.31. The molecule has 0 bridgehead atoms. The van der Waals surface area contributed by atoms with Gasteiger partial charge in [-0.25, -0.2) is 4.98 Å². The maximum Gasteiger partial charge on any atom is 0.112 e. The van der Waals surface area contributed by atoms with E-state index >= 15 is 0 Å². The van der Waals surface area contributed by atoms with Crippen LogP contribution in [0.15, 0.2) is 18.2 Å². The minimum Gasteiger partial charge on any atom is -0.383 e. The second kappa shape index (κ2) is 5.07. The molecular weight excluding hydrogens is 236 g/mol. The highest BCUT2D eigenvalue weighted by Gasteiger charge is 2.13. The first-order chi connectivity index (χ1) is 8.13. The molecule has 1 aromatic carbocycles. The Hall–Kier alpha value is -1.06. The van der Waals surface area contributed by atoms with Crippen molar-refractivity contribution in [1.29, 1.82) is 0 Å². The Morgan fingerprint density at radius 2 is 2.18 bits per heavy atom. The van der Waals surface area contributed by atoms with Crippen molar-refractivity contribution in [2.75, 3.05) is 13.7 Å². The van der Waals surface area contributed by atoms with Crippen LogP contribution in [0.25, 0.3) is 11.0 Å². The summed E-state index contributed by atoms with van der Waals surface area (Å²) < 4.78 is 7.36. The lowest BCUT2D eigenvalue weighted by molar-refractivity contribution is 0.187. The van der Waals surface area contributed by atoms with E-state index in [-0.39, 0.29) is 0 Å². The fourth-order valence-electron chi connectivity index (χ4n) is 1.98. The van der Waals surface area contributed by atoms with Gasteiger partial charge in [0.15, 0.2) is 0 Å². The second-order valence-electron chi connectivity index (χ2n) is 4.40. The van der Waals surface area contributed by atoms with Crippen molar-refractivity contribution < 1.29 is 4.74 Å². The minimum atomic E-state index is 0.387. The summed E-state index contributed by atoms with van der Waals surface area (Å²) >= 11 is 5.99. The topological polar surface area (TPSA) is 27.1 Å². The first-order valence-corrected chi connectivity index (χ1v) is 6.16. The molecule has 0 aliphatic heterocycles. The molecule has 0 saturated carbocycles. The number of hydrogen-bond acceptors (Lipinski definition) is 2. The fourth-order valence-corrected chi connectivity index (χ4v) is 2.15. The van der Waals surface area contributed by atoms with E-state index in [0.717, 1.165) is 28.4 Å². The molecule has 2 aromatic rings. The molecule has 0 fully saturated rings. The van der Waals surface area contributed by atoms with Crippen LogP contribution in [0.3, 0.4) is 0 Å². The summed E-state index contributed by atoms with van der Waals surface area (Å²) in [6.45, 7) is 5.80. The summed E-state index contributed by atoms with van der Waals surface area (Å²) in [5, 5.41) is 0.726. The number of benzene rings is 1. The Balaban J connectivity index is 2.54. The minimum absolute atomic E-state index is 0.387. The highest BCUT2D eigenvalue weighted by atomic mass is 35.5. The number of fused-ring (bicyclic) bond motifs is 1. The van der Waals surface area contributed by atoms with Crippen LogP contribution in [0, 0.1) is 0 Å². The van der Waals surface area contributed by atoms with Crippen LogP contribution in [-0.2, 0) is 11.3 Å². The predicted molar refractivity (Wildman–Crippen MR) is 70.7 cm³/mol. The summed E-state index contributed by atoms with van der Waals surface area (Å²) in [6.07, 6.45) is 0. The van der Waals surface area contributed by atoms with Crippen LogP contribution in [0.2, 0.25) is 5.02 Å². The van der Waals surface area contributed by atoms with Crippen molar-refractivity contribution in [1.82, 2.24) is 9.55 Å². The van der Waals surface area contributed by atoms with E-state index < -0.39 is 0 Å². The van der Waals surface area contributed by atoms with Crippen LogP contribution in [0.4, 0.5) is 0 Å². The van der Waals surface area contributed by atoms with Gasteiger partial charge < -0.3 is 9.30 Å². The summed E-state index contributed by atoms with van der Waals surface area (Å²) in [5.41, 5.74) is 2.08. The van der Waals surface area contributed by atoms with E-state index in [0.29, 0.717) is 12.5 Å². The monoisotopic (exact) mass is 252 g/mol. The highest BCUT2D eigenvalue weighted by Crippen LogP contribution is 2.24. The normalized spacial score (nSPS) is 11.6. The Bertz CT molecular complexity index is 519. The molecule has 0 unspecified atom stereocenters. The van der Waals surface area contributed by atoms with Gasteiger partial charge in [-0.15, -0.1) is 0 Å². The van der Waals surface area contributed by atoms with Gasteiger partial charge in [0.2, 0.25) is 0 Å². The summed E-state index contributed by atoms with van der Waals surface area (Å²) in [4.78, 5) is 4.65. The van der Waals surface area contributed by atoms with Gasteiger partial charge in [0.1, 0.15) is 5.82 Å². The molecule has 1 aromatic heterocycles. The zero-order valence-electron chi connectivity index (χ0n) is 10.4. The molecular formula is C13H17ClN2O. The van der Waals surface area contributed by atoms with Gasteiger partial charge in [-0.2, -0.15) is 0 Å². The van der Waals surface area contributed by atoms with Crippen LogP contribution in [0.1, 0.15) is 25.6 Å². The number of rotatable bonds is 4. The van der Waals surface area contributed by atoms with E-state index in [9.17, 15) is 0 Å². The average molecular weight is 253 g/mol. The van der Waals surface area contributed by atoms with Gasteiger partial charge in [0.25, 0.3) is 0 Å². The first-order valence-electron chi connectivity index (χ1n) is 5.78. The molecule has 0 aliphatic rings. The van der Waals surface area contributed by atoms with Crippen LogP contribution < -0.4 is 0 Å². The van der Waals surface area contributed by atoms with Gasteiger partial charge in [-0.1, -0.05) is 25.4 Å². The molecule has 2 rings (SSSR count). The lowest BCUT2D eigenvalue weighted by atomic mass is 10.2. The van der Waals surface area contributed by atoms with Gasteiger partial charge in [0, 0.05) is 24.6 Å². The van der Waals surface area contributed by atoms with Gasteiger partial charge in [0.05, 0.1) is 17.6 Å². The quantitative estimate of drug-likeness (QED) is 0.833. The lowest BCUT2D eigenvalue weighted by Gasteiger charge is -2.10. The summed E-state index contributed by atoms with van der Waals surface area (Å²) in [5.74, 6) is 1.47. The third kappa shape index (κ3) is 2.45. The number of halogens is 1. The Morgan fingerprint density at radius 3 is 2.82 bits per heavy atom. The summed E-state index contributed by atoms with van der Waals surface area (Å²) in [7, 11) is 1.71. The summed E-state index contributed by atoms with van der Waals surface area (Å²) in [6, 6.07) is 5.83. The Kier molecular flexibility index (Phi) is 3.69. The zero-order chi connectivity index (χ0) is 12.4. The SMILES string of the molecule is COCCn1c(C(C)C)nc2cc(Cl)ccc21. The molecule has 0 N–H and O–H groups in total. The first kappa shape index (κ1) is 12.4. The number of imidazole rings is 1. The average Bonchev–Trinajstić information content (AvgIpc) is 2.64. The molecule has 92 valence electrons. The molecule has 0 saturated heterocycles. The number of nitrogens with zero attached hydrogens (tertiary/aromatic N) is 2. The number of ether oxygens (including phenoxy) is 1. The van der Waals surface area contributed by atoms with E-state index in [1.54, 1.807) is 7.11 Å². The maximum absolute atomic E-state index is 5.99. The molecule has 0 spiro atoms. The lowest BCUT2D eigenvalue weighted by Crippen LogP contribution is -2.09. The van der Waals surface area contributed by atoms with Crippen LogP contribution >= 0.6 is 11.6 Å². The van der Waals surface area contributed by atoms with Gasteiger partial charge in [-0.05, 0) is 18.2 Å². The molecule has 0 atom stereocenters. The standard InChI is InChI=1S/C13H17ClN2O/c1-9(2)13-15-11-8-10(14)4-5-12(11)16(13)6-7-17-3/h4-5,8-9H,6-7H2,1-3H3. The van der Waals surface area contributed by atoms with Crippen molar-refractivity contribution in [2.45, 2.75) is 26.3 Å². The van der Waals surface area contributed by atoms with Crippen molar-refractivity contribution >= 4 is 22.6 Å². The zero-order valence-corrected chi connectivity index (χ0v) is 11.2.